The van der Waals surface area contributed by atoms with Crippen LogP contribution in [0, 0.1) is 24.1 Å². The van der Waals surface area contributed by atoms with Gasteiger partial charge in [-0.1, -0.05) is 19.4 Å². The largest absolute Gasteiger partial charge is 0.354 e. The van der Waals surface area contributed by atoms with E-state index >= 15 is 4.39 Å². The van der Waals surface area contributed by atoms with Crippen LogP contribution in [0.4, 0.5) is 10.2 Å². The lowest BCUT2D eigenvalue weighted by Crippen LogP contribution is -2.44. The van der Waals surface area contributed by atoms with Crippen LogP contribution in [0.5, 0.6) is 0 Å². The summed E-state index contributed by atoms with van der Waals surface area (Å²) in [6.07, 6.45) is 3.54. The van der Waals surface area contributed by atoms with Crippen LogP contribution in [-0.4, -0.2) is 58.3 Å². The Morgan fingerprint density at radius 3 is 2.57 bits per heavy atom. The number of hydrogen-bond donors (Lipinski definition) is 1. The Morgan fingerprint density at radius 2 is 1.91 bits per heavy atom. The van der Waals surface area contributed by atoms with Gasteiger partial charge in [0.2, 0.25) is 0 Å². The SMILES string of the molecule is CCCc1cc(C)c(-c2nc3c(-c4ccc(N5CCN(C)CC5)nc4)n[nH]c3cc2C#N)c(F)c1. The molecule has 5 rings (SSSR count). The fraction of sp³-hybridized carbons (Fsp3) is 0.333. The van der Waals surface area contributed by atoms with Gasteiger partial charge in [-0.15, -0.1) is 0 Å². The molecular formula is C27H28FN7. The molecule has 4 heterocycles. The first-order chi connectivity index (χ1) is 17.0. The van der Waals surface area contributed by atoms with Gasteiger partial charge in [0.05, 0.1) is 16.8 Å². The molecule has 0 saturated carbocycles. The summed E-state index contributed by atoms with van der Waals surface area (Å²) in [6.45, 7) is 7.84. The summed E-state index contributed by atoms with van der Waals surface area (Å²) in [5.41, 5.74) is 5.37. The molecule has 7 nitrogen and oxygen atoms in total. The lowest BCUT2D eigenvalue weighted by atomic mass is 9.96. The van der Waals surface area contributed by atoms with Gasteiger partial charge in [0, 0.05) is 43.5 Å². The number of nitrogens with zero attached hydrogens (tertiary/aromatic N) is 6. The standard InChI is InChI=1S/C27H28FN7/c1-4-5-18-12-17(2)24(21(28)13-18)25-20(15-29)14-22-27(31-25)26(33-32-22)19-6-7-23(30-16-19)35-10-8-34(3)9-11-35/h6-7,12-14,16H,4-5,8-11H2,1-3H3,(H,32,33). The van der Waals surface area contributed by atoms with Gasteiger partial charge in [-0.05, 0) is 55.8 Å². The highest BCUT2D eigenvalue weighted by atomic mass is 19.1. The Hall–Kier alpha value is -3.83. The number of anilines is 1. The number of fused-ring (bicyclic) bond motifs is 1. The van der Waals surface area contributed by atoms with Crippen LogP contribution in [0.25, 0.3) is 33.5 Å². The van der Waals surface area contributed by atoms with Crippen molar-refractivity contribution < 1.29 is 4.39 Å². The van der Waals surface area contributed by atoms with Crippen molar-refractivity contribution in [3.8, 4) is 28.6 Å². The first-order valence-electron chi connectivity index (χ1n) is 12.0. The number of halogens is 1. The second-order valence-corrected chi connectivity index (χ2v) is 9.18. The lowest BCUT2D eigenvalue weighted by Gasteiger charge is -2.33. The third kappa shape index (κ3) is 4.35. The van der Waals surface area contributed by atoms with Crippen molar-refractivity contribution >= 4 is 16.9 Å². The number of H-pyrrole nitrogens is 1. The number of hydrogen-bond acceptors (Lipinski definition) is 6. The predicted octanol–water partition coefficient (Wildman–Crippen LogP) is 4.71. The lowest BCUT2D eigenvalue weighted by molar-refractivity contribution is 0.312. The monoisotopic (exact) mass is 469 g/mol. The van der Waals surface area contributed by atoms with Crippen molar-refractivity contribution in [2.75, 3.05) is 38.1 Å². The minimum absolute atomic E-state index is 0.307. The van der Waals surface area contributed by atoms with Crippen LogP contribution < -0.4 is 4.90 Å². The molecule has 0 spiro atoms. The van der Waals surface area contributed by atoms with Crippen molar-refractivity contribution in [3.63, 3.8) is 0 Å². The highest BCUT2D eigenvalue weighted by molar-refractivity contribution is 5.92. The van der Waals surface area contributed by atoms with Gasteiger partial charge < -0.3 is 9.80 Å². The molecule has 8 heteroatoms. The fourth-order valence-electron chi connectivity index (χ4n) is 4.72. The van der Waals surface area contributed by atoms with E-state index in [4.69, 9.17) is 4.98 Å². The van der Waals surface area contributed by atoms with Gasteiger partial charge in [0.25, 0.3) is 0 Å². The Kier molecular flexibility index (Phi) is 6.18. The molecule has 0 atom stereocenters. The van der Waals surface area contributed by atoms with Crippen LogP contribution in [-0.2, 0) is 6.42 Å². The van der Waals surface area contributed by atoms with Crippen molar-refractivity contribution in [3.05, 3.63) is 59.0 Å². The van der Waals surface area contributed by atoms with E-state index in [2.05, 4.69) is 45.0 Å². The van der Waals surface area contributed by atoms with Crippen molar-refractivity contribution in [2.45, 2.75) is 26.7 Å². The molecule has 1 aliphatic rings. The van der Waals surface area contributed by atoms with E-state index in [0.717, 1.165) is 61.5 Å². The first-order valence-corrected chi connectivity index (χ1v) is 12.0. The summed E-state index contributed by atoms with van der Waals surface area (Å²) in [6, 6.07) is 11.4. The zero-order valence-electron chi connectivity index (χ0n) is 20.3. The quantitative estimate of drug-likeness (QED) is 0.456. The van der Waals surface area contributed by atoms with E-state index in [-0.39, 0.29) is 5.82 Å². The normalized spacial score (nSPS) is 14.4. The number of nitriles is 1. The van der Waals surface area contributed by atoms with Crippen LogP contribution in [0.15, 0.2) is 36.5 Å². The van der Waals surface area contributed by atoms with Crippen molar-refractivity contribution in [1.82, 2.24) is 25.1 Å². The maximum Gasteiger partial charge on any atom is 0.133 e. The van der Waals surface area contributed by atoms with Gasteiger partial charge >= 0.3 is 0 Å². The highest BCUT2D eigenvalue weighted by Gasteiger charge is 2.21. The number of aryl methyl sites for hydroxylation is 2. The molecular weight excluding hydrogens is 441 g/mol. The zero-order valence-corrected chi connectivity index (χ0v) is 20.3. The van der Waals surface area contributed by atoms with E-state index in [0.29, 0.717) is 33.5 Å². The Bertz CT molecular complexity index is 1390. The second-order valence-electron chi connectivity index (χ2n) is 9.18. The molecule has 1 aliphatic heterocycles. The average molecular weight is 470 g/mol. The maximum absolute atomic E-state index is 15.2. The topological polar surface area (TPSA) is 84.7 Å². The van der Waals surface area contributed by atoms with E-state index in [9.17, 15) is 5.26 Å². The number of benzene rings is 1. The molecule has 1 N–H and O–H groups in total. The molecule has 1 fully saturated rings. The number of likely N-dealkylation sites (N-methyl/N-ethyl adjacent to an activating group) is 1. The zero-order chi connectivity index (χ0) is 24.5. The summed E-state index contributed by atoms with van der Waals surface area (Å²) in [7, 11) is 2.13. The Labute approximate surface area is 204 Å². The number of nitrogens with one attached hydrogen (secondary N) is 1. The van der Waals surface area contributed by atoms with Gasteiger partial charge in [0.1, 0.15) is 28.9 Å². The third-order valence-corrected chi connectivity index (χ3v) is 6.63. The molecule has 0 bridgehead atoms. The van der Waals surface area contributed by atoms with E-state index in [1.165, 1.54) is 0 Å². The second kappa shape index (κ2) is 9.43. The molecule has 0 aliphatic carbocycles. The molecule has 3 aromatic heterocycles. The average Bonchev–Trinajstić information content (AvgIpc) is 3.27. The summed E-state index contributed by atoms with van der Waals surface area (Å²) < 4.78 is 15.2. The van der Waals surface area contributed by atoms with E-state index in [1.807, 2.05) is 25.1 Å². The van der Waals surface area contributed by atoms with Crippen LogP contribution in [0.3, 0.4) is 0 Å². The van der Waals surface area contributed by atoms with E-state index < -0.39 is 0 Å². The summed E-state index contributed by atoms with van der Waals surface area (Å²) >= 11 is 0. The van der Waals surface area contributed by atoms with Gasteiger partial charge in [-0.2, -0.15) is 10.4 Å². The summed E-state index contributed by atoms with van der Waals surface area (Å²) in [4.78, 5) is 14.0. The number of aromatic nitrogens is 4. The van der Waals surface area contributed by atoms with Crippen LogP contribution in [0.2, 0.25) is 0 Å². The molecule has 178 valence electrons. The molecule has 1 aromatic carbocycles. The molecule has 35 heavy (non-hydrogen) atoms. The van der Waals surface area contributed by atoms with E-state index in [1.54, 1.807) is 18.3 Å². The van der Waals surface area contributed by atoms with Crippen LogP contribution >= 0.6 is 0 Å². The fourth-order valence-corrected chi connectivity index (χ4v) is 4.72. The highest BCUT2D eigenvalue weighted by Crippen LogP contribution is 2.34. The minimum Gasteiger partial charge on any atom is -0.354 e. The molecule has 0 amide bonds. The molecule has 0 radical (unpaired) electrons. The first kappa shape index (κ1) is 22.9. The molecule has 4 aromatic rings. The van der Waals surface area contributed by atoms with Crippen LogP contribution in [0.1, 0.15) is 30.0 Å². The summed E-state index contributed by atoms with van der Waals surface area (Å²) in [5, 5.41) is 17.2. The number of piperazine rings is 1. The number of aromatic amines is 1. The number of rotatable bonds is 5. The summed E-state index contributed by atoms with van der Waals surface area (Å²) in [5.74, 6) is 0.576. The Balaban J connectivity index is 1.55. The Morgan fingerprint density at radius 1 is 1.11 bits per heavy atom. The van der Waals surface area contributed by atoms with Gasteiger partial charge in [-0.3, -0.25) is 5.10 Å². The smallest absolute Gasteiger partial charge is 0.133 e. The van der Waals surface area contributed by atoms with Crippen molar-refractivity contribution in [2.24, 2.45) is 0 Å². The minimum atomic E-state index is -0.361. The third-order valence-electron chi connectivity index (χ3n) is 6.63. The van der Waals surface area contributed by atoms with Crippen molar-refractivity contribution in [1.29, 1.82) is 5.26 Å². The molecule has 0 unspecified atom stereocenters. The predicted molar refractivity (Wildman–Crippen MR) is 136 cm³/mol. The van der Waals surface area contributed by atoms with Gasteiger partial charge in [0.15, 0.2) is 0 Å². The maximum atomic E-state index is 15.2. The van der Waals surface area contributed by atoms with Gasteiger partial charge in [-0.25, -0.2) is 14.4 Å². The molecule has 1 saturated heterocycles. The number of pyridine rings is 2.